The van der Waals surface area contributed by atoms with Crippen LogP contribution in [0.3, 0.4) is 0 Å². The molecule has 0 aliphatic carbocycles. The Labute approximate surface area is 120 Å². The van der Waals surface area contributed by atoms with Gasteiger partial charge in [-0.05, 0) is 13.8 Å². The molecule has 1 saturated heterocycles. The van der Waals surface area contributed by atoms with Gasteiger partial charge in [-0.1, -0.05) is 0 Å². The van der Waals surface area contributed by atoms with Crippen molar-refractivity contribution in [2.24, 2.45) is 5.73 Å². The highest BCUT2D eigenvalue weighted by atomic mass is 35.5. The summed E-state index contributed by atoms with van der Waals surface area (Å²) in [5, 5.41) is 9.23. The molecule has 1 atom stereocenters. The first kappa shape index (κ1) is 18.6. The lowest BCUT2D eigenvalue weighted by Gasteiger charge is -2.41. The summed E-state index contributed by atoms with van der Waals surface area (Å²) in [6, 6.07) is -0.806. The summed E-state index contributed by atoms with van der Waals surface area (Å²) in [6.45, 7) is 4.69. The minimum absolute atomic E-state index is 0. The summed E-state index contributed by atoms with van der Waals surface area (Å²) in [7, 11) is -3.20. The number of carboxylic acids is 1. The molecule has 1 aliphatic heterocycles. The lowest BCUT2D eigenvalue weighted by molar-refractivity contribution is -0.146. The second kappa shape index (κ2) is 6.36. The quantitative estimate of drug-likeness (QED) is 0.702. The Hall–Kier alpha value is -0.410. The van der Waals surface area contributed by atoms with E-state index in [9.17, 15) is 18.3 Å². The molecule has 1 aliphatic rings. The highest BCUT2D eigenvalue weighted by Crippen LogP contribution is 2.17. The van der Waals surface area contributed by atoms with Crippen LogP contribution in [0.4, 0.5) is 0 Å². The molecular weight excluding hydrogens is 294 g/mol. The number of rotatable bonds is 4. The highest BCUT2D eigenvalue weighted by Gasteiger charge is 2.39. The van der Waals surface area contributed by atoms with Crippen LogP contribution in [0.25, 0.3) is 0 Å². The van der Waals surface area contributed by atoms with Crippen molar-refractivity contribution < 1.29 is 18.3 Å². The van der Waals surface area contributed by atoms with Crippen LogP contribution < -0.4 is 5.73 Å². The van der Waals surface area contributed by atoms with Gasteiger partial charge in [0.25, 0.3) is 0 Å². The first-order chi connectivity index (χ1) is 8.03. The number of hydrogen-bond acceptors (Lipinski definition) is 5. The molecule has 114 valence electrons. The summed E-state index contributed by atoms with van der Waals surface area (Å²) in [4.78, 5) is 13.0. The number of nitrogens with two attached hydrogens (primary N) is 1. The molecule has 0 bridgehead atoms. The van der Waals surface area contributed by atoms with Crippen LogP contribution in [0.1, 0.15) is 13.8 Å². The van der Waals surface area contributed by atoms with E-state index in [1.165, 1.54) is 4.31 Å². The Bertz CT molecular complexity index is 413. The van der Waals surface area contributed by atoms with Crippen molar-refractivity contribution in [2.45, 2.75) is 25.4 Å². The van der Waals surface area contributed by atoms with Gasteiger partial charge in [0.15, 0.2) is 0 Å². The van der Waals surface area contributed by atoms with E-state index < -0.39 is 27.6 Å². The molecule has 1 heterocycles. The summed E-state index contributed by atoms with van der Waals surface area (Å²) < 4.78 is 24.1. The van der Waals surface area contributed by atoms with Crippen LogP contribution in [0.5, 0.6) is 0 Å². The summed E-state index contributed by atoms with van der Waals surface area (Å²) >= 11 is 0. The van der Waals surface area contributed by atoms with Crippen molar-refractivity contribution in [3.8, 4) is 0 Å². The highest BCUT2D eigenvalue weighted by molar-refractivity contribution is 7.88. The van der Waals surface area contributed by atoms with Gasteiger partial charge >= 0.3 is 5.97 Å². The van der Waals surface area contributed by atoms with Crippen molar-refractivity contribution in [1.82, 2.24) is 9.21 Å². The molecule has 0 aromatic carbocycles. The van der Waals surface area contributed by atoms with Crippen LogP contribution >= 0.6 is 12.4 Å². The largest absolute Gasteiger partial charge is 0.480 e. The number of nitrogens with zero attached hydrogens (tertiary/aromatic N) is 2. The molecule has 9 heteroatoms. The van der Waals surface area contributed by atoms with E-state index in [0.29, 0.717) is 26.2 Å². The Kier molecular flexibility index (Phi) is 6.22. The lowest BCUT2D eigenvalue weighted by atomic mass is 9.94. The number of piperazine rings is 1. The van der Waals surface area contributed by atoms with Crippen molar-refractivity contribution in [3.05, 3.63) is 0 Å². The van der Waals surface area contributed by atoms with Gasteiger partial charge in [0.05, 0.1) is 6.26 Å². The molecule has 0 saturated carbocycles. The minimum Gasteiger partial charge on any atom is -0.480 e. The fraction of sp³-hybridized carbons (Fsp3) is 0.900. The molecule has 0 unspecified atom stereocenters. The second-order valence-corrected chi connectivity index (χ2v) is 7.24. The maximum Gasteiger partial charge on any atom is 0.322 e. The predicted molar refractivity (Wildman–Crippen MR) is 74.9 cm³/mol. The predicted octanol–water partition coefficient (Wildman–Crippen LogP) is -0.824. The van der Waals surface area contributed by atoms with E-state index in [1.807, 2.05) is 0 Å². The molecule has 1 rings (SSSR count). The fourth-order valence-corrected chi connectivity index (χ4v) is 3.06. The van der Waals surface area contributed by atoms with Crippen molar-refractivity contribution in [3.63, 3.8) is 0 Å². The van der Waals surface area contributed by atoms with E-state index in [2.05, 4.69) is 0 Å². The van der Waals surface area contributed by atoms with Gasteiger partial charge in [0, 0.05) is 31.7 Å². The third kappa shape index (κ3) is 4.88. The third-order valence-electron chi connectivity index (χ3n) is 3.05. The van der Waals surface area contributed by atoms with E-state index >= 15 is 0 Å². The van der Waals surface area contributed by atoms with Crippen molar-refractivity contribution in [2.75, 3.05) is 32.4 Å². The van der Waals surface area contributed by atoms with Crippen LogP contribution in [0.15, 0.2) is 0 Å². The average molecular weight is 316 g/mol. The number of aliphatic carboxylic acids is 1. The third-order valence-corrected chi connectivity index (χ3v) is 4.35. The summed E-state index contributed by atoms with van der Waals surface area (Å²) in [6.07, 6.45) is 1.16. The molecular formula is C10H22ClN3O4S. The molecule has 0 spiro atoms. The lowest BCUT2D eigenvalue weighted by Crippen LogP contribution is -2.63. The van der Waals surface area contributed by atoms with Gasteiger partial charge in [-0.3, -0.25) is 9.69 Å². The zero-order valence-corrected chi connectivity index (χ0v) is 13.0. The number of carboxylic acid groups (broad SMARTS) is 1. The van der Waals surface area contributed by atoms with Crippen LogP contribution in [-0.2, 0) is 14.8 Å². The van der Waals surface area contributed by atoms with Crippen molar-refractivity contribution >= 4 is 28.4 Å². The monoisotopic (exact) mass is 315 g/mol. The minimum atomic E-state index is -3.20. The Balaban J connectivity index is 0.00000324. The molecule has 0 aromatic rings. The molecule has 0 amide bonds. The standard InChI is InChI=1S/C10H21N3O4S.ClH/c1-10(2,11)8(9(14)15)12-4-6-13(7-5-12)18(3,16)17;/h8H,4-7,11H2,1-3H3,(H,14,15);1H/t8-;/m0./s1. The zero-order chi connectivity index (χ0) is 14.1. The molecule has 0 radical (unpaired) electrons. The maximum absolute atomic E-state index is 11.4. The van der Waals surface area contributed by atoms with Crippen LogP contribution in [-0.4, -0.2) is 72.7 Å². The Morgan fingerprint density at radius 3 is 1.95 bits per heavy atom. The van der Waals surface area contributed by atoms with Gasteiger partial charge in [0.1, 0.15) is 6.04 Å². The van der Waals surface area contributed by atoms with Gasteiger partial charge in [-0.2, -0.15) is 4.31 Å². The molecule has 3 N–H and O–H groups in total. The first-order valence-corrected chi connectivity index (χ1v) is 7.59. The number of sulfonamides is 1. The first-order valence-electron chi connectivity index (χ1n) is 5.74. The van der Waals surface area contributed by atoms with E-state index in [-0.39, 0.29) is 12.4 Å². The van der Waals surface area contributed by atoms with Crippen LogP contribution in [0.2, 0.25) is 0 Å². The zero-order valence-electron chi connectivity index (χ0n) is 11.4. The normalized spacial score (nSPS) is 20.6. The number of carbonyl (C=O) groups is 1. The van der Waals surface area contributed by atoms with E-state index in [4.69, 9.17) is 5.73 Å². The number of halogens is 1. The molecule has 19 heavy (non-hydrogen) atoms. The Morgan fingerprint density at radius 1 is 1.26 bits per heavy atom. The van der Waals surface area contributed by atoms with Gasteiger partial charge in [-0.25, -0.2) is 8.42 Å². The van der Waals surface area contributed by atoms with Gasteiger partial charge < -0.3 is 10.8 Å². The smallest absolute Gasteiger partial charge is 0.322 e. The Morgan fingerprint density at radius 2 is 1.68 bits per heavy atom. The van der Waals surface area contributed by atoms with E-state index in [0.717, 1.165) is 6.26 Å². The number of hydrogen-bond donors (Lipinski definition) is 2. The van der Waals surface area contributed by atoms with Gasteiger partial charge in [0.2, 0.25) is 10.0 Å². The molecule has 1 fully saturated rings. The molecule has 7 nitrogen and oxygen atoms in total. The summed E-state index contributed by atoms with van der Waals surface area (Å²) in [5.41, 5.74) is 5.00. The van der Waals surface area contributed by atoms with E-state index in [1.54, 1.807) is 18.7 Å². The van der Waals surface area contributed by atoms with Gasteiger partial charge in [-0.15, -0.1) is 12.4 Å². The molecule has 0 aromatic heterocycles. The van der Waals surface area contributed by atoms with Crippen LogP contribution in [0, 0.1) is 0 Å². The SMILES string of the molecule is CC(C)(N)[C@H](C(=O)O)N1CCN(S(C)(=O)=O)CC1.Cl. The van der Waals surface area contributed by atoms with Crippen molar-refractivity contribution in [1.29, 1.82) is 0 Å². The second-order valence-electron chi connectivity index (χ2n) is 5.26. The topological polar surface area (TPSA) is 104 Å². The average Bonchev–Trinajstić information content (AvgIpc) is 2.13. The fourth-order valence-electron chi connectivity index (χ4n) is 2.24. The summed E-state index contributed by atoms with van der Waals surface area (Å²) in [5.74, 6) is -0.977. The maximum atomic E-state index is 11.4.